The predicted octanol–water partition coefficient (Wildman–Crippen LogP) is 0.881. The second kappa shape index (κ2) is 7.78. The van der Waals surface area contributed by atoms with Crippen LogP contribution in [0.5, 0.6) is 0 Å². The van der Waals surface area contributed by atoms with Crippen LogP contribution in [0.3, 0.4) is 0 Å². The van der Waals surface area contributed by atoms with Crippen LogP contribution in [-0.4, -0.2) is 23.9 Å². The van der Waals surface area contributed by atoms with Gasteiger partial charge in [0.05, 0.1) is 6.04 Å². The number of aryl methyl sites for hydroxylation is 1. The molecule has 0 aliphatic heterocycles. The van der Waals surface area contributed by atoms with E-state index in [2.05, 4.69) is 5.32 Å². The highest BCUT2D eigenvalue weighted by atomic mass is 16.2. The number of carbonyl (C=O) groups excluding carboxylic acids is 2. The molecule has 0 fully saturated rings. The molecular formula is C16H25N3O2. The van der Waals surface area contributed by atoms with Gasteiger partial charge in [-0.05, 0) is 31.2 Å². The zero-order chi connectivity index (χ0) is 16.0. The smallest absolute Gasteiger partial charge is 0.240 e. The van der Waals surface area contributed by atoms with Crippen LogP contribution >= 0.6 is 0 Å². The Morgan fingerprint density at radius 2 is 1.76 bits per heavy atom. The van der Waals surface area contributed by atoms with Crippen LogP contribution in [0.2, 0.25) is 0 Å². The molecule has 0 aliphatic carbocycles. The summed E-state index contributed by atoms with van der Waals surface area (Å²) in [6.45, 7) is 5.93. The summed E-state index contributed by atoms with van der Waals surface area (Å²) in [5, 5.41) is 2.64. The Kier molecular flexibility index (Phi) is 6.37. The summed E-state index contributed by atoms with van der Waals surface area (Å²) in [5.74, 6) is -0.615. The number of carbonyl (C=O) groups is 2. The van der Waals surface area contributed by atoms with Crippen molar-refractivity contribution < 1.29 is 9.59 Å². The van der Waals surface area contributed by atoms with Crippen molar-refractivity contribution in [3.63, 3.8) is 0 Å². The van der Waals surface area contributed by atoms with E-state index in [4.69, 9.17) is 11.5 Å². The Morgan fingerprint density at radius 1 is 1.19 bits per heavy atom. The van der Waals surface area contributed by atoms with Crippen molar-refractivity contribution in [1.82, 2.24) is 5.32 Å². The molecule has 116 valence electrons. The molecule has 0 saturated heterocycles. The molecule has 0 aliphatic rings. The predicted molar refractivity (Wildman–Crippen MR) is 83.4 cm³/mol. The second-order valence-electron chi connectivity index (χ2n) is 5.89. The SMILES string of the molecule is Cc1ccc(C[C@@H](N)C(=O)N[C@@H](CC(C)C)C(N)=O)cc1. The maximum absolute atomic E-state index is 12.1. The molecule has 5 heteroatoms. The first-order valence-electron chi connectivity index (χ1n) is 7.20. The van der Waals surface area contributed by atoms with Gasteiger partial charge in [-0.3, -0.25) is 9.59 Å². The fraction of sp³-hybridized carbons (Fsp3) is 0.500. The van der Waals surface area contributed by atoms with E-state index in [9.17, 15) is 9.59 Å². The van der Waals surface area contributed by atoms with Crippen molar-refractivity contribution >= 4 is 11.8 Å². The van der Waals surface area contributed by atoms with Gasteiger partial charge in [-0.25, -0.2) is 0 Å². The maximum atomic E-state index is 12.1. The molecule has 0 aromatic heterocycles. The number of rotatable bonds is 7. The lowest BCUT2D eigenvalue weighted by Crippen LogP contribution is -2.51. The van der Waals surface area contributed by atoms with Gasteiger partial charge < -0.3 is 16.8 Å². The largest absolute Gasteiger partial charge is 0.368 e. The van der Waals surface area contributed by atoms with Crippen molar-refractivity contribution in [2.75, 3.05) is 0 Å². The zero-order valence-corrected chi connectivity index (χ0v) is 12.9. The summed E-state index contributed by atoms with van der Waals surface area (Å²) in [6.07, 6.45) is 0.942. The van der Waals surface area contributed by atoms with Crippen LogP contribution in [0.1, 0.15) is 31.4 Å². The summed E-state index contributed by atoms with van der Waals surface area (Å²) >= 11 is 0. The van der Waals surface area contributed by atoms with Gasteiger partial charge in [0.1, 0.15) is 6.04 Å². The first-order chi connectivity index (χ1) is 9.79. The van der Waals surface area contributed by atoms with Crippen molar-refractivity contribution in [2.45, 2.75) is 45.7 Å². The molecule has 0 unspecified atom stereocenters. The van der Waals surface area contributed by atoms with E-state index in [0.717, 1.165) is 11.1 Å². The van der Waals surface area contributed by atoms with Crippen LogP contribution in [-0.2, 0) is 16.0 Å². The Hall–Kier alpha value is -1.88. The molecule has 2 amide bonds. The molecule has 0 heterocycles. The first-order valence-corrected chi connectivity index (χ1v) is 7.20. The van der Waals surface area contributed by atoms with E-state index < -0.39 is 18.0 Å². The van der Waals surface area contributed by atoms with E-state index >= 15 is 0 Å². The number of amides is 2. The van der Waals surface area contributed by atoms with Crippen molar-refractivity contribution in [2.24, 2.45) is 17.4 Å². The molecule has 1 aromatic carbocycles. The summed E-state index contributed by atoms with van der Waals surface area (Å²) in [7, 11) is 0. The molecule has 0 saturated carbocycles. The van der Waals surface area contributed by atoms with Crippen molar-refractivity contribution in [3.05, 3.63) is 35.4 Å². The Labute approximate surface area is 126 Å². The average Bonchev–Trinajstić information content (AvgIpc) is 2.39. The summed E-state index contributed by atoms with van der Waals surface area (Å²) in [4.78, 5) is 23.4. The number of primary amides is 1. The van der Waals surface area contributed by atoms with E-state index in [1.165, 1.54) is 0 Å². The van der Waals surface area contributed by atoms with Crippen molar-refractivity contribution in [1.29, 1.82) is 0 Å². The van der Waals surface area contributed by atoms with Gasteiger partial charge in [0.2, 0.25) is 11.8 Å². The third-order valence-electron chi connectivity index (χ3n) is 3.28. The first kappa shape index (κ1) is 17.2. The van der Waals surface area contributed by atoms with E-state index in [1.54, 1.807) is 0 Å². The number of nitrogens with two attached hydrogens (primary N) is 2. The number of nitrogens with one attached hydrogen (secondary N) is 1. The molecule has 21 heavy (non-hydrogen) atoms. The van der Waals surface area contributed by atoms with Gasteiger partial charge in [0.25, 0.3) is 0 Å². The minimum atomic E-state index is -0.693. The standard InChI is InChI=1S/C16H25N3O2/c1-10(2)8-14(15(18)20)19-16(21)13(17)9-12-6-4-11(3)5-7-12/h4-7,10,13-14H,8-9,17H2,1-3H3,(H2,18,20)(H,19,21)/t13-,14+/m1/s1. The Bertz CT molecular complexity index is 483. The van der Waals surface area contributed by atoms with Crippen LogP contribution in [0.25, 0.3) is 0 Å². The van der Waals surface area contributed by atoms with Gasteiger partial charge in [-0.2, -0.15) is 0 Å². The van der Waals surface area contributed by atoms with Crippen LogP contribution in [0, 0.1) is 12.8 Å². The highest BCUT2D eigenvalue weighted by Gasteiger charge is 2.22. The lowest BCUT2D eigenvalue weighted by atomic mass is 10.0. The third-order valence-corrected chi connectivity index (χ3v) is 3.28. The molecule has 5 N–H and O–H groups in total. The highest BCUT2D eigenvalue weighted by molar-refractivity contribution is 5.89. The molecule has 5 nitrogen and oxygen atoms in total. The lowest BCUT2D eigenvalue weighted by Gasteiger charge is -2.20. The van der Waals surface area contributed by atoms with E-state index in [-0.39, 0.29) is 11.8 Å². The number of benzene rings is 1. The Morgan fingerprint density at radius 3 is 2.24 bits per heavy atom. The van der Waals surface area contributed by atoms with E-state index in [1.807, 2.05) is 45.0 Å². The van der Waals surface area contributed by atoms with Gasteiger partial charge in [0.15, 0.2) is 0 Å². The highest BCUT2D eigenvalue weighted by Crippen LogP contribution is 2.07. The van der Waals surface area contributed by atoms with Gasteiger partial charge >= 0.3 is 0 Å². The quantitative estimate of drug-likeness (QED) is 0.695. The minimum absolute atomic E-state index is 0.260. The zero-order valence-electron chi connectivity index (χ0n) is 12.9. The summed E-state index contributed by atoms with van der Waals surface area (Å²) in [6, 6.07) is 6.49. The number of hydrogen-bond acceptors (Lipinski definition) is 3. The fourth-order valence-corrected chi connectivity index (χ4v) is 2.07. The molecular weight excluding hydrogens is 266 g/mol. The molecule has 2 atom stereocenters. The lowest BCUT2D eigenvalue weighted by molar-refractivity contribution is -0.128. The van der Waals surface area contributed by atoms with Crippen LogP contribution in [0.4, 0.5) is 0 Å². The third kappa shape index (κ3) is 5.95. The molecule has 0 spiro atoms. The van der Waals surface area contributed by atoms with Crippen LogP contribution in [0.15, 0.2) is 24.3 Å². The van der Waals surface area contributed by atoms with Gasteiger partial charge in [-0.1, -0.05) is 43.7 Å². The second-order valence-corrected chi connectivity index (χ2v) is 5.89. The molecule has 1 rings (SSSR count). The molecule has 0 bridgehead atoms. The van der Waals surface area contributed by atoms with Crippen molar-refractivity contribution in [3.8, 4) is 0 Å². The number of hydrogen-bond donors (Lipinski definition) is 3. The topological polar surface area (TPSA) is 98.2 Å². The monoisotopic (exact) mass is 291 g/mol. The van der Waals surface area contributed by atoms with Gasteiger partial charge in [0, 0.05) is 0 Å². The van der Waals surface area contributed by atoms with E-state index in [0.29, 0.717) is 12.8 Å². The minimum Gasteiger partial charge on any atom is -0.368 e. The maximum Gasteiger partial charge on any atom is 0.240 e. The van der Waals surface area contributed by atoms with Crippen LogP contribution < -0.4 is 16.8 Å². The average molecular weight is 291 g/mol. The Balaban J connectivity index is 2.60. The molecule has 1 aromatic rings. The molecule has 0 radical (unpaired) electrons. The summed E-state index contributed by atoms with van der Waals surface area (Å²) < 4.78 is 0. The van der Waals surface area contributed by atoms with Gasteiger partial charge in [-0.15, -0.1) is 0 Å². The fourth-order valence-electron chi connectivity index (χ4n) is 2.07. The normalized spacial score (nSPS) is 13.8. The summed E-state index contributed by atoms with van der Waals surface area (Å²) in [5.41, 5.74) is 13.4.